The molecule has 118 valence electrons. The molecular weight excluding hydrogens is 279 g/mol. The first-order valence-electron chi connectivity index (χ1n) is 7.42. The van der Waals surface area contributed by atoms with Crippen LogP contribution in [0, 0.1) is 5.82 Å². The van der Waals surface area contributed by atoms with E-state index in [1.165, 1.54) is 6.07 Å². The van der Waals surface area contributed by atoms with Crippen molar-refractivity contribution in [3.05, 3.63) is 65.5 Å². The van der Waals surface area contributed by atoms with Crippen LogP contribution in [0.1, 0.15) is 30.2 Å². The number of nitrogens with one attached hydrogen (secondary N) is 1. The lowest BCUT2D eigenvalue weighted by atomic mass is 10.1. The summed E-state index contributed by atoms with van der Waals surface area (Å²) in [6.45, 7) is 2.33. The average Bonchev–Trinajstić information content (AvgIpc) is 2.52. The number of nitrogens with zero attached hydrogens (tertiary/aromatic N) is 1. The van der Waals surface area contributed by atoms with E-state index >= 15 is 0 Å². The Morgan fingerprint density at radius 1 is 1.09 bits per heavy atom. The maximum Gasteiger partial charge on any atom is 0.129 e. The van der Waals surface area contributed by atoms with Crippen molar-refractivity contribution in [3.8, 4) is 0 Å². The van der Waals surface area contributed by atoms with E-state index < -0.39 is 6.10 Å². The lowest BCUT2D eigenvalue weighted by Crippen LogP contribution is -2.25. The SMILES string of the molecule is CC(NCC(O)c1ccccc1F)c1ccc(N(C)C)cc1. The van der Waals surface area contributed by atoms with E-state index in [1.807, 2.05) is 25.9 Å². The maximum atomic E-state index is 13.6. The van der Waals surface area contributed by atoms with Crippen molar-refractivity contribution in [1.29, 1.82) is 0 Å². The molecule has 2 rings (SSSR count). The fourth-order valence-electron chi connectivity index (χ4n) is 2.32. The minimum Gasteiger partial charge on any atom is -0.387 e. The van der Waals surface area contributed by atoms with Gasteiger partial charge in [0.1, 0.15) is 5.82 Å². The minimum atomic E-state index is -0.857. The number of aliphatic hydroxyl groups excluding tert-OH is 1. The van der Waals surface area contributed by atoms with E-state index in [4.69, 9.17) is 0 Å². The third kappa shape index (κ3) is 4.06. The predicted molar refractivity (Wildman–Crippen MR) is 88.5 cm³/mol. The molecule has 0 heterocycles. The largest absolute Gasteiger partial charge is 0.387 e. The highest BCUT2D eigenvalue weighted by Gasteiger charge is 2.13. The quantitative estimate of drug-likeness (QED) is 0.859. The van der Waals surface area contributed by atoms with E-state index in [1.54, 1.807) is 18.2 Å². The molecule has 0 aliphatic rings. The third-order valence-electron chi connectivity index (χ3n) is 3.79. The van der Waals surface area contributed by atoms with Gasteiger partial charge in [-0.2, -0.15) is 0 Å². The Hall–Kier alpha value is -1.91. The van der Waals surface area contributed by atoms with Crippen molar-refractivity contribution in [3.63, 3.8) is 0 Å². The Kier molecular flexibility index (Phi) is 5.52. The summed E-state index contributed by atoms with van der Waals surface area (Å²) >= 11 is 0. The molecule has 2 aromatic carbocycles. The maximum absolute atomic E-state index is 13.6. The highest BCUT2D eigenvalue weighted by Crippen LogP contribution is 2.20. The summed E-state index contributed by atoms with van der Waals surface area (Å²) in [4.78, 5) is 2.05. The molecule has 4 heteroatoms. The molecule has 0 aliphatic carbocycles. The lowest BCUT2D eigenvalue weighted by Gasteiger charge is -2.19. The average molecular weight is 302 g/mol. The van der Waals surface area contributed by atoms with Crippen LogP contribution in [0.5, 0.6) is 0 Å². The standard InChI is InChI=1S/C18H23FN2O/c1-13(14-8-10-15(11-9-14)21(2)3)20-12-18(22)16-6-4-5-7-17(16)19/h4-11,13,18,20,22H,12H2,1-3H3. The molecule has 2 atom stereocenters. The second kappa shape index (κ2) is 7.38. The molecule has 0 saturated carbocycles. The molecule has 0 aliphatic heterocycles. The monoisotopic (exact) mass is 302 g/mol. The van der Waals surface area contributed by atoms with Crippen molar-refractivity contribution in [2.45, 2.75) is 19.1 Å². The minimum absolute atomic E-state index is 0.0811. The van der Waals surface area contributed by atoms with Gasteiger partial charge < -0.3 is 15.3 Å². The summed E-state index contributed by atoms with van der Waals surface area (Å²) in [7, 11) is 4.00. The number of hydrogen-bond acceptors (Lipinski definition) is 3. The zero-order valence-corrected chi connectivity index (χ0v) is 13.3. The Morgan fingerprint density at radius 2 is 1.73 bits per heavy atom. The van der Waals surface area contributed by atoms with E-state index in [0.717, 1.165) is 11.3 Å². The van der Waals surface area contributed by atoms with Gasteiger partial charge in [0.15, 0.2) is 0 Å². The number of rotatable bonds is 6. The van der Waals surface area contributed by atoms with Crippen molar-refractivity contribution in [2.24, 2.45) is 0 Å². The molecule has 0 fully saturated rings. The van der Waals surface area contributed by atoms with Crippen LogP contribution >= 0.6 is 0 Å². The Bertz CT molecular complexity index is 598. The van der Waals surface area contributed by atoms with Crippen LogP contribution in [0.25, 0.3) is 0 Å². The summed E-state index contributed by atoms with van der Waals surface area (Å²) < 4.78 is 13.6. The Balaban J connectivity index is 1.95. The topological polar surface area (TPSA) is 35.5 Å². The molecule has 2 aromatic rings. The number of halogens is 1. The van der Waals surface area contributed by atoms with Gasteiger partial charge >= 0.3 is 0 Å². The van der Waals surface area contributed by atoms with Crippen LogP contribution in [0.4, 0.5) is 10.1 Å². The molecule has 2 unspecified atom stereocenters. The Labute approximate surface area is 131 Å². The first kappa shape index (κ1) is 16.5. The van der Waals surface area contributed by atoms with Crippen LogP contribution in [0.2, 0.25) is 0 Å². The summed E-state index contributed by atoms with van der Waals surface area (Å²) in [5, 5.41) is 13.3. The van der Waals surface area contributed by atoms with Gasteiger partial charge in [0.05, 0.1) is 6.10 Å². The van der Waals surface area contributed by atoms with Crippen molar-refractivity contribution >= 4 is 5.69 Å². The molecule has 0 saturated heterocycles. The van der Waals surface area contributed by atoms with E-state index in [-0.39, 0.29) is 11.9 Å². The smallest absolute Gasteiger partial charge is 0.129 e. The predicted octanol–water partition coefficient (Wildman–Crippen LogP) is 3.28. The van der Waals surface area contributed by atoms with Gasteiger partial charge in [-0.15, -0.1) is 0 Å². The first-order chi connectivity index (χ1) is 10.5. The highest BCUT2D eigenvalue weighted by molar-refractivity contribution is 5.46. The Morgan fingerprint density at radius 3 is 2.32 bits per heavy atom. The van der Waals surface area contributed by atoms with Crippen LogP contribution in [-0.2, 0) is 0 Å². The lowest BCUT2D eigenvalue weighted by molar-refractivity contribution is 0.166. The second-order valence-electron chi connectivity index (χ2n) is 5.65. The summed E-state index contributed by atoms with van der Waals surface area (Å²) in [5.74, 6) is -0.375. The molecule has 0 amide bonds. The molecule has 3 nitrogen and oxygen atoms in total. The van der Waals surface area contributed by atoms with Gasteiger partial charge in [0.25, 0.3) is 0 Å². The number of hydrogen-bond donors (Lipinski definition) is 2. The van der Waals surface area contributed by atoms with E-state index in [0.29, 0.717) is 12.1 Å². The zero-order chi connectivity index (χ0) is 16.1. The molecule has 0 bridgehead atoms. The van der Waals surface area contributed by atoms with Gasteiger partial charge in [0.2, 0.25) is 0 Å². The molecule has 0 radical (unpaired) electrons. The van der Waals surface area contributed by atoms with Crippen molar-refractivity contribution in [2.75, 3.05) is 25.5 Å². The summed E-state index contributed by atoms with van der Waals surface area (Å²) in [6, 6.07) is 14.6. The van der Waals surface area contributed by atoms with E-state index in [9.17, 15) is 9.50 Å². The van der Waals surface area contributed by atoms with Gasteiger partial charge in [-0.05, 0) is 30.7 Å². The molecule has 22 heavy (non-hydrogen) atoms. The van der Waals surface area contributed by atoms with Gasteiger partial charge in [-0.1, -0.05) is 30.3 Å². The molecule has 0 spiro atoms. The molecular formula is C18H23FN2O. The summed E-state index contributed by atoms with van der Waals surface area (Å²) in [5.41, 5.74) is 2.60. The fraction of sp³-hybridized carbons (Fsp3) is 0.333. The third-order valence-corrected chi connectivity index (χ3v) is 3.79. The van der Waals surface area contributed by atoms with Crippen LogP contribution in [-0.4, -0.2) is 25.7 Å². The fourth-order valence-corrected chi connectivity index (χ4v) is 2.32. The van der Waals surface area contributed by atoms with Gasteiger partial charge in [0, 0.05) is 37.9 Å². The van der Waals surface area contributed by atoms with E-state index in [2.05, 4.69) is 29.6 Å². The normalized spacial score (nSPS) is 13.7. The number of anilines is 1. The highest BCUT2D eigenvalue weighted by atomic mass is 19.1. The van der Waals surface area contributed by atoms with Gasteiger partial charge in [-0.25, -0.2) is 4.39 Å². The first-order valence-corrected chi connectivity index (χ1v) is 7.42. The van der Waals surface area contributed by atoms with Crippen LogP contribution in [0.15, 0.2) is 48.5 Å². The zero-order valence-electron chi connectivity index (χ0n) is 13.3. The van der Waals surface area contributed by atoms with Crippen LogP contribution < -0.4 is 10.2 Å². The van der Waals surface area contributed by atoms with Crippen molar-refractivity contribution in [1.82, 2.24) is 5.32 Å². The molecule has 2 N–H and O–H groups in total. The van der Waals surface area contributed by atoms with Crippen LogP contribution in [0.3, 0.4) is 0 Å². The second-order valence-corrected chi connectivity index (χ2v) is 5.65. The number of benzene rings is 2. The number of aliphatic hydroxyl groups is 1. The van der Waals surface area contributed by atoms with Gasteiger partial charge in [-0.3, -0.25) is 0 Å². The summed E-state index contributed by atoms with van der Waals surface area (Å²) in [6.07, 6.45) is -0.857. The molecule has 0 aromatic heterocycles. The van der Waals surface area contributed by atoms with Crippen molar-refractivity contribution < 1.29 is 9.50 Å².